The van der Waals surface area contributed by atoms with Crippen LogP contribution in [0.2, 0.25) is 0 Å². The molecule has 0 spiro atoms. The number of benzene rings is 1. The van der Waals surface area contributed by atoms with Gasteiger partial charge in [-0.25, -0.2) is 9.67 Å². The van der Waals surface area contributed by atoms with Crippen LogP contribution in [0.4, 0.5) is 11.4 Å². The van der Waals surface area contributed by atoms with Crippen molar-refractivity contribution in [2.75, 3.05) is 11.1 Å². The lowest BCUT2D eigenvalue weighted by Gasteiger charge is -2.08. The molecule has 0 unspecified atom stereocenters. The number of nitrogens with zero attached hydrogens (tertiary/aromatic N) is 3. The van der Waals surface area contributed by atoms with Crippen molar-refractivity contribution in [2.45, 2.75) is 20.4 Å². The molecular formula is C12H15N5O. The fourth-order valence-corrected chi connectivity index (χ4v) is 1.65. The summed E-state index contributed by atoms with van der Waals surface area (Å²) in [5.41, 5.74) is 6.89. The van der Waals surface area contributed by atoms with Crippen LogP contribution in [0.1, 0.15) is 11.6 Å². The van der Waals surface area contributed by atoms with E-state index in [0.717, 1.165) is 0 Å². The summed E-state index contributed by atoms with van der Waals surface area (Å²) in [6.07, 6.45) is 0. The Labute approximate surface area is 105 Å². The van der Waals surface area contributed by atoms with Gasteiger partial charge in [0, 0.05) is 0 Å². The molecule has 94 valence electrons. The molecule has 3 N–H and O–H groups in total. The molecular weight excluding hydrogens is 230 g/mol. The standard InChI is InChI=1S/C12H15N5O/c1-8-14-9(2)17(16-8)7-12(18)15-11-6-4-3-5-10(11)13/h3-6H,7,13H2,1-2H3,(H,15,18). The van der Waals surface area contributed by atoms with Gasteiger partial charge >= 0.3 is 0 Å². The molecule has 0 aliphatic carbocycles. The molecule has 6 heteroatoms. The van der Waals surface area contributed by atoms with Gasteiger partial charge in [0.1, 0.15) is 18.2 Å². The van der Waals surface area contributed by atoms with Crippen LogP contribution in [0.25, 0.3) is 0 Å². The number of nitrogens with two attached hydrogens (primary N) is 1. The van der Waals surface area contributed by atoms with Crippen LogP contribution in [0, 0.1) is 13.8 Å². The molecule has 1 heterocycles. The predicted octanol–water partition coefficient (Wildman–Crippen LogP) is 1.12. The van der Waals surface area contributed by atoms with Crippen LogP contribution in [-0.2, 0) is 11.3 Å². The van der Waals surface area contributed by atoms with Crippen LogP contribution < -0.4 is 11.1 Å². The molecule has 0 saturated heterocycles. The van der Waals surface area contributed by atoms with E-state index in [0.29, 0.717) is 23.0 Å². The van der Waals surface area contributed by atoms with Crippen LogP contribution in [0.5, 0.6) is 0 Å². The first-order valence-electron chi connectivity index (χ1n) is 5.58. The van der Waals surface area contributed by atoms with Gasteiger partial charge in [-0.05, 0) is 26.0 Å². The molecule has 1 aromatic carbocycles. The second kappa shape index (κ2) is 4.87. The first-order valence-corrected chi connectivity index (χ1v) is 5.58. The number of aromatic nitrogens is 3. The molecule has 0 fully saturated rings. The number of carbonyl (C=O) groups is 1. The van der Waals surface area contributed by atoms with Crippen molar-refractivity contribution in [3.63, 3.8) is 0 Å². The highest BCUT2D eigenvalue weighted by Gasteiger charge is 2.09. The fourth-order valence-electron chi connectivity index (χ4n) is 1.65. The van der Waals surface area contributed by atoms with E-state index >= 15 is 0 Å². The van der Waals surface area contributed by atoms with Crippen molar-refractivity contribution in [1.29, 1.82) is 0 Å². The third kappa shape index (κ3) is 2.65. The van der Waals surface area contributed by atoms with E-state index < -0.39 is 0 Å². The highest BCUT2D eigenvalue weighted by atomic mass is 16.2. The van der Waals surface area contributed by atoms with Gasteiger partial charge in [-0.1, -0.05) is 12.1 Å². The number of hydrogen-bond donors (Lipinski definition) is 2. The van der Waals surface area contributed by atoms with Gasteiger partial charge in [-0.3, -0.25) is 4.79 Å². The van der Waals surface area contributed by atoms with Gasteiger partial charge < -0.3 is 11.1 Å². The monoisotopic (exact) mass is 245 g/mol. The van der Waals surface area contributed by atoms with Gasteiger partial charge in [0.2, 0.25) is 5.91 Å². The van der Waals surface area contributed by atoms with E-state index in [9.17, 15) is 4.79 Å². The van der Waals surface area contributed by atoms with Crippen LogP contribution in [-0.4, -0.2) is 20.7 Å². The van der Waals surface area contributed by atoms with Gasteiger partial charge in [0.25, 0.3) is 0 Å². The minimum absolute atomic E-state index is 0.126. The van der Waals surface area contributed by atoms with Crippen molar-refractivity contribution in [2.24, 2.45) is 0 Å². The molecule has 2 rings (SSSR count). The Morgan fingerprint density at radius 1 is 1.39 bits per heavy atom. The number of para-hydroxylation sites is 2. The first kappa shape index (κ1) is 12.1. The minimum atomic E-state index is -0.180. The first-order chi connectivity index (χ1) is 8.56. The van der Waals surface area contributed by atoms with E-state index in [1.807, 2.05) is 19.1 Å². The number of rotatable bonds is 3. The maximum atomic E-state index is 11.8. The Bertz CT molecular complexity index is 576. The average Bonchev–Trinajstić information content (AvgIpc) is 2.61. The molecule has 18 heavy (non-hydrogen) atoms. The highest BCUT2D eigenvalue weighted by molar-refractivity contribution is 5.93. The van der Waals surface area contributed by atoms with Crippen molar-refractivity contribution in [1.82, 2.24) is 14.8 Å². The van der Waals surface area contributed by atoms with E-state index in [4.69, 9.17) is 5.73 Å². The smallest absolute Gasteiger partial charge is 0.246 e. The average molecular weight is 245 g/mol. The van der Waals surface area contributed by atoms with Gasteiger partial charge in [0.15, 0.2) is 0 Å². The molecule has 0 atom stereocenters. The normalized spacial score (nSPS) is 10.3. The van der Waals surface area contributed by atoms with E-state index in [2.05, 4.69) is 15.4 Å². The van der Waals surface area contributed by atoms with Crippen LogP contribution in [0.3, 0.4) is 0 Å². The molecule has 6 nitrogen and oxygen atoms in total. The lowest BCUT2D eigenvalue weighted by molar-refractivity contribution is -0.116. The topological polar surface area (TPSA) is 85.8 Å². The number of carbonyl (C=O) groups excluding carboxylic acids is 1. The molecule has 0 radical (unpaired) electrons. The quantitative estimate of drug-likeness (QED) is 0.793. The zero-order chi connectivity index (χ0) is 13.1. The summed E-state index contributed by atoms with van der Waals surface area (Å²) >= 11 is 0. The number of amides is 1. The summed E-state index contributed by atoms with van der Waals surface area (Å²) in [6, 6.07) is 7.12. The molecule has 1 aromatic heterocycles. The largest absolute Gasteiger partial charge is 0.397 e. The molecule has 0 saturated carbocycles. The maximum Gasteiger partial charge on any atom is 0.246 e. The number of nitrogen functional groups attached to an aromatic ring is 1. The summed E-state index contributed by atoms with van der Waals surface area (Å²) in [6.45, 7) is 3.72. The number of aryl methyl sites for hydroxylation is 2. The van der Waals surface area contributed by atoms with Crippen molar-refractivity contribution >= 4 is 17.3 Å². The predicted molar refractivity (Wildman–Crippen MR) is 69.0 cm³/mol. The third-order valence-corrected chi connectivity index (χ3v) is 2.49. The molecule has 0 aliphatic heterocycles. The SMILES string of the molecule is Cc1nc(C)n(CC(=O)Nc2ccccc2N)n1. The summed E-state index contributed by atoms with van der Waals surface area (Å²) < 4.78 is 1.56. The zero-order valence-electron chi connectivity index (χ0n) is 10.3. The summed E-state index contributed by atoms with van der Waals surface area (Å²) in [5.74, 6) is 1.18. The highest BCUT2D eigenvalue weighted by Crippen LogP contribution is 2.16. The van der Waals surface area contributed by atoms with Gasteiger partial charge in [0.05, 0.1) is 11.4 Å². The van der Waals surface area contributed by atoms with Crippen LogP contribution in [0.15, 0.2) is 24.3 Å². The zero-order valence-corrected chi connectivity index (χ0v) is 10.3. The van der Waals surface area contributed by atoms with E-state index in [1.165, 1.54) is 0 Å². The summed E-state index contributed by atoms with van der Waals surface area (Å²) in [7, 11) is 0. The lowest BCUT2D eigenvalue weighted by atomic mass is 10.2. The maximum absolute atomic E-state index is 11.8. The number of hydrogen-bond acceptors (Lipinski definition) is 4. The van der Waals surface area contributed by atoms with Gasteiger partial charge in [-0.2, -0.15) is 5.10 Å². The van der Waals surface area contributed by atoms with Crippen molar-refractivity contribution in [3.05, 3.63) is 35.9 Å². The minimum Gasteiger partial charge on any atom is -0.397 e. The Hall–Kier alpha value is -2.37. The Morgan fingerprint density at radius 2 is 2.11 bits per heavy atom. The van der Waals surface area contributed by atoms with Crippen LogP contribution >= 0.6 is 0 Å². The fraction of sp³-hybridized carbons (Fsp3) is 0.250. The van der Waals surface area contributed by atoms with Crippen molar-refractivity contribution in [3.8, 4) is 0 Å². The second-order valence-corrected chi connectivity index (χ2v) is 4.00. The second-order valence-electron chi connectivity index (χ2n) is 4.00. The summed E-state index contributed by atoms with van der Waals surface area (Å²) in [5, 5.41) is 6.87. The number of nitrogens with one attached hydrogen (secondary N) is 1. The Kier molecular flexibility index (Phi) is 3.27. The molecule has 0 aliphatic rings. The number of anilines is 2. The molecule has 2 aromatic rings. The Balaban J connectivity index is 2.06. The van der Waals surface area contributed by atoms with E-state index in [-0.39, 0.29) is 12.5 Å². The molecule has 0 bridgehead atoms. The van der Waals surface area contributed by atoms with E-state index in [1.54, 1.807) is 23.7 Å². The summed E-state index contributed by atoms with van der Waals surface area (Å²) in [4.78, 5) is 16.0. The molecule has 1 amide bonds. The van der Waals surface area contributed by atoms with Crippen molar-refractivity contribution < 1.29 is 4.79 Å². The third-order valence-electron chi connectivity index (χ3n) is 2.49. The lowest BCUT2D eigenvalue weighted by Crippen LogP contribution is -2.21. The Morgan fingerprint density at radius 3 is 2.72 bits per heavy atom. The van der Waals surface area contributed by atoms with Gasteiger partial charge in [-0.15, -0.1) is 0 Å².